The van der Waals surface area contributed by atoms with E-state index < -0.39 is 0 Å². The van der Waals surface area contributed by atoms with Crippen LogP contribution in [0.15, 0.2) is 292 Å². The molecule has 0 bridgehead atoms. The van der Waals surface area contributed by atoms with Crippen LogP contribution in [0.5, 0.6) is 0 Å². The zero-order valence-corrected chi connectivity index (χ0v) is 41.0. The second-order valence-electron chi connectivity index (χ2n) is 18.5. The summed E-state index contributed by atoms with van der Waals surface area (Å²) in [5.74, 6) is 0. The molecule has 13 rings (SSSR count). The molecular weight excluding hydrogens is 893 g/mol. The van der Waals surface area contributed by atoms with Gasteiger partial charge in [0.2, 0.25) is 0 Å². The quantitative estimate of drug-likeness (QED) is 0.0766. The lowest BCUT2D eigenvalue weighted by molar-refractivity contribution is 1.31. The van der Waals surface area contributed by atoms with Crippen molar-refractivity contribution in [2.75, 3.05) is 9.80 Å². The molecule has 74 heavy (non-hydrogen) atoms. The summed E-state index contributed by atoms with van der Waals surface area (Å²) >= 11 is 0. The van der Waals surface area contributed by atoms with Crippen LogP contribution in [-0.2, 0) is 0 Å². The Bertz CT molecular complexity index is 4030. The minimum Gasteiger partial charge on any atom is -0.309 e. The maximum Gasteiger partial charge on any atom is 0.0618 e. The van der Waals surface area contributed by atoms with Crippen LogP contribution in [0.1, 0.15) is 11.1 Å². The first-order chi connectivity index (χ1) is 36.7. The van der Waals surface area contributed by atoms with Gasteiger partial charge in [-0.2, -0.15) is 0 Å². The molecule has 13 aromatic carbocycles. The van der Waals surface area contributed by atoms with Gasteiger partial charge in [0.05, 0.1) is 11.4 Å². The highest BCUT2D eigenvalue weighted by Gasteiger charge is 2.21. The number of nitrogens with zero attached hydrogens (tertiary/aromatic N) is 2. The molecule has 13 aromatic rings. The maximum absolute atomic E-state index is 3.00. The molecule has 0 saturated carbocycles. The molecule has 0 aliphatic rings. The summed E-state index contributed by atoms with van der Waals surface area (Å²) in [5, 5.41) is 12.1. The third-order valence-electron chi connectivity index (χ3n) is 14.1. The van der Waals surface area contributed by atoms with E-state index in [4.69, 9.17) is 0 Å². The Morgan fingerprint density at radius 3 is 0.986 bits per heavy atom. The molecule has 0 unspecified atom stereocenters. The predicted octanol–water partition coefficient (Wildman–Crippen LogP) is 20.7. The summed E-state index contributed by atoms with van der Waals surface area (Å²) in [4.78, 5) is 4.87. The number of fused-ring (bicyclic) bond motifs is 5. The first kappa shape index (κ1) is 45.4. The van der Waals surface area contributed by atoms with E-state index in [1.807, 2.05) is 0 Å². The van der Waals surface area contributed by atoms with Crippen LogP contribution in [-0.4, -0.2) is 0 Å². The summed E-state index contributed by atoms with van der Waals surface area (Å²) < 4.78 is 0. The summed E-state index contributed by atoms with van der Waals surface area (Å²) in [7, 11) is 0. The standard InChI is InChI=1S/C70H48N2.C2H4/c1-3-15-51(16-4-1)53-33-40-62(41-34-53)71(69-65-23-11-7-19-57(65)46-58-20-8-12-24-66(58)69)61-38-30-49(31-39-61)27-28-50-29-32-56-48-64(44-37-55(56)45-50)72(63-42-35-54(36-43-63)52-17-5-2-6-18-52)70-67-25-13-9-21-59(67)47-60-22-10-14-26-68(60)70;1-2/h1-48H;1-2H2/b28-27+;. The summed E-state index contributed by atoms with van der Waals surface area (Å²) in [6, 6.07) is 101. The molecule has 2 nitrogen and oxygen atoms in total. The van der Waals surface area contributed by atoms with Gasteiger partial charge in [-0.25, -0.2) is 0 Å². The largest absolute Gasteiger partial charge is 0.309 e. The maximum atomic E-state index is 3.00. The van der Waals surface area contributed by atoms with Crippen molar-refractivity contribution in [1.29, 1.82) is 0 Å². The van der Waals surface area contributed by atoms with Crippen LogP contribution in [0, 0.1) is 0 Å². The Kier molecular flexibility index (Phi) is 12.4. The van der Waals surface area contributed by atoms with Crippen molar-refractivity contribution in [3.05, 3.63) is 303 Å². The minimum atomic E-state index is 1.10. The highest BCUT2D eigenvalue weighted by Crippen LogP contribution is 2.46. The van der Waals surface area contributed by atoms with Gasteiger partial charge in [-0.15, -0.1) is 13.2 Å². The van der Waals surface area contributed by atoms with Gasteiger partial charge in [0.15, 0.2) is 0 Å². The van der Waals surface area contributed by atoms with Crippen molar-refractivity contribution < 1.29 is 0 Å². The fraction of sp³-hybridized carbons (Fsp3) is 0. The van der Waals surface area contributed by atoms with Gasteiger partial charge in [-0.05, 0) is 132 Å². The predicted molar refractivity (Wildman–Crippen MR) is 321 cm³/mol. The molecular formula is C72H52N2. The Balaban J connectivity index is 0.00000275. The van der Waals surface area contributed by atoms with E-state index in [9.17, 15) is 0 Å². The van der Waals surface area contributed by atoms with Gasteiger partial charge in [0.25, 0.3) is 0 Å². The lowest BCUT2D eigenvalue weighted by Crippen LogP contribution is -2.11. The van der Waals surface area contributed by atoms with Crippen LogP contribution in [0.4, 0.5) is 34.1 Å². The Labute approximate surface area is 433 Å². The fourth-order valence-corrected chi connectivity index (χ4v) is 10.6. The van der Waals surface area contributed by atoms with E-state index in [1.165, 1.54) is 87.5 Å². The van der Waals surface area contributed by atoms with E-state index >= 15 is 0 Å². The first-order valence-corrected chi connectivity index (χ1v) is 25.2. The lowest BCUT2D eigenvalue weighted by atomic mass is 9.98. The van der Waals surface area contributed by atoms with Crippen LogP contribution in [0.2, 0.25) is 0 Å². The summed E-state index contributed by atoms with van der Waals surface area (Å²) in [5.41, 5.74) is 13.8. The summed E-state index contributed by atoms with van der Waals surface area (Å²) in [6.07, 6.45) is 4.45. The van der Waals surface area contributed by atoms with Gasteiger partial charge in [-0.1, -0.05) is 224 Å². The first-order valence-electron chi connectivity index (χ1n) is 25.2. The monoisotopic (exact) mass is 944 g/mol. The molecule has 350 valence electrons. The van der Waals surface area contributed by atoms with Crippen molar-refractivity contribution in [3.63, 3.8) is 0 Å². The third-order valence-corrected chi connectivity index (χ3v) is 14.1. The van der Waals surface area contributed by atoms with E-state index in [2.05, 4.69) is 314 Å². The molecule has 2 heteroatoms. The number of rotatable bonds is 10. The average molecular weight is 945 g/mol. The molecule has 0 spiro atoms. The number of hydrogen-bond donors (Lipinski definition) is 0. The van der Waals surface area contributed by atoms with Gasteiger partial charge in [-0.3, -0.25) is 0 Å². The molecule has 0 fully saturated rings. The van der Waals surface area contributed by atoms with Crippen molar-refractivity contribution in [2.24, 2.45) is 0 Å². The second-order valence-corrected chi connectivity index (χ2v) is 18.5. The van der Waals surface area contributed by atoms with Crippen molar-refractivity contribution >= 4 is 100 Å². The van der Waals surface area contributed by atoms with Crippen LogP contribution in [0.3, 0.4) is 0 Å². The molecule has 0 radical (unpaired) electrons. The van der Waals surface area contributed by atoms with Crippen LogP contribution in [0.25, 0.3) is 88.3 Å². The highest BCUT2D eigenvalue weighted by atomic mass is 15.2. The van der Waals surface area contributed by atoms with E-state index in [0.717, 1.165) is 33.9 Å². The van der Waals surface area contributed by atoms with E-state index in [-0.39, 0.29) is 0 Å². The van der Waals surface area contributed by atoms with Crippen LogP contribution >= 0.6 is 0 Å². The van der Waals surface area contributed by atoms with Crippen molar-refractivity contribution in [1.82, 2.24) is 0 Å². The summed E-state index contributed by atoms with van der Waals surface area (Å²) in [6.45, 7) is 6.00. The zero-order chi connectivity index (χ0) is 49.8. The molecule has 0 aliphatic heterocycles. The number of hydrogen-bond acceptors (Lipinski definition) is 2. The highest BCUT2D eigenvalue weighted by molar-refractivity contribution is 6.16. The van der Waals surface area contributed by atoms with Gasteiger partial charge >= 0.3 is 0 Å². The van der Waals surface area contributed by atoms with E-state index in [0.29, 0.717) is 0 Å². The zero-order valence-electron chi connectivity index (χ0n) is 41.0. The molecule has 0 heterocycles. The number of benzene rings is 13. The van der Waals surface area contributed by atoms with Crippen LogP contribution < -0.4 is 9.80 Å². The Morgan fingerprint density at radius 1 is 0.230 bits per heavy atom. The number of anilines is 6. The normalized spacial score (nSPS) is 11.3. The molecule has 0 aromatic heterocycles. The Hall–Kier alpha value is -9.76. The Morgan fingerprint density at radius 2 is 0.541 bits per heavy atom. The molecule has 0 atom stereocenters. The molecule has 0 N–H and O–H groups in total. The molecule has 0 aliphatic carbocycles. The second kappa shape index (κ2) is 20.2. The topological polar surface area (TPSA) is 6.48 Å². The minimum absolute atomic E-state index is 1.10. The molecule has 0 amide bonds. The van der Waals surface area contributed by atoms with Crippen molar-refractivity contribution in [2.45, 2.75) is 0 Å². The fourth-order valence-electron chi connectivity index (χ4n) is 10.6. The smallest absolute Gasteiger partial charge is 0.0618 e. The van der Waals surface area contributed by atoms with Gasteiger partial charge in [0.1, 0.15) is 0 Å². The molecule has 0 saturated heterocycles. The lowest BCUT2D eigenvalue weighted by Gasteiger charge is -2.29. The van der Waals surface area contributed by atoms with Crippen molar-refractivity contribution in [3.8, 4) is 22.3 Å². The van der Waals surface area contributed by atoms with E-state index in [1.54, 1.807) is 0 Å². The third kappa shape index (κ3) is 8.76. The average Bonchev–Trinajstić information content (AvgIpc) is 3.48. The van der Waals surface area contributed by atoms with Gasteiger partial charge < -0.3 is 9.80 Å². The SMILES string of the molecule is C(=C\c1ccc2cc(N(c3ccc(-c4ccccc4)cc3)c3c4ccccc4cc4ccccc34)ccc2c1)/c1ccc(N(c2ccc(-c3ccccc3)cc2)c2c3ccccc3cc3ccccc23)cc1.C=C. The van der Waals surface area contributed by atoms with Gasteiger partial charge in [0, 0.05) is 44.3 Å².